The van der Waals surface area contributed by atoms with E-state index in [-0.39, 0.29) is 11.5 Å². The topological polar surface area (TPSA) is 49.8 Å². The molecule has 1 aliphatic heterocycles. The Bertz CT molecular complexity index is 865. The second-order valence-corrected chi connectivity index (χ2v) is 8.26. The highest BCUT2D eigenvalue weighted by Crippen LogP contribution is 2.55. The average molecular weight is 363 g/mol. The van der Waals surface area contributed by atoms with E-state index in [1.165, 1.54) is 16.2 Å². The zero-order valence-corrected chi connectivity index (χ0v) is 15.4. The minimum absolute atomic E-state index is 0.0841. The largest absolute Gasteiger partial charge is 0.489 e. The summed E-state index contributed by atoms with van der Waals surface area (Å²) in [6.07, 6.45) is 3.77. The van der Waals surface area contributed by atoms with Crippen LogP contribution in [0.25, 0.3) is 0 Å². The predicted octanol–water partition coefficient (Wildman–Crippen LogP) is 3.89. The first kappa shape index (κ1) is 17.0. The lowest BCUT2D eigenvalue weighted by Gasteiger charge is -2.57. The monoisotopic (exact) mass is 363 g/mol. The van der Waals surface area contributed by atoms with Crippen LogP contribution in [-0.2, 0) is 23.2 Å². The van der Waals surface area contributed by atoms with Crippen molar-refractivity contribution in [1.29, 1.82) is 0 Å². The van der Waals surface area contributed by atoms with Crippen molar-refractivity contribution in [2.45, 2.75) is 50.2 Å². The number of Topliss-reactive ketones (excluding diaryl/α,β-unsaturated/α-hetero) is 1. The first-order chi connectivity index (χ1) is 13.2. The molecule has 2 aromatic carbocycles. The lowest BCUT2D eigenvalue weighted by molar-refractivity contribution is -0.187. The second kappa shape index (κ2) is 6.47. The van der Waals surface area contributed by atoms with E-state index in [0.717, 1.165) is 30.6 Å². The molecule has 4 nitrogen and oxygen atoms in total. The van der Waals surface area contributed by atoms with E-state index in [4.69, 9.17) is 4.74 Å². The fraction of sp³-hybridized carbons (Fsp3) is 0.435. The van der Waals surface area contributed by atoms with Crippen molar-refractivity contribution in [1.82, 2.24) is 5.06 Å². The molecule has 140 valence electrons. The van der Waals surface area contributed by atoms with Crippen LogP contribution in [0.15, 0.2) is 48.5 Å². The summed E-state index contributed by atoms with van der Waals surface area (Å²) in [5, 5.41) is 12.1. The molecule has 0 amide bonds. The Balaban J connectivity index is 1.54. The van der Waals surface area contributed by atoms with Gasteiger partial charge in [0.05, 0.1) is 0 Å². The third kappa shape index (κ3) is 2.70. The number of rotatable bonds is 3. The van der Waals surface area contributed by atoms with Crippen molar-refractivity contribution >= 4 is 5.78 Å². The molecule has 4 heteroatoms. The van der Waals surface area contributed by atoms with Gasteiger partial charge >= 0.3 is 0 Å². The molecule has 3 atom stereocenters. The second-order valence-electron chi connectivity index (χ2n) is 8.26. The molecule has 2 fully saturated rings. The molecular formula is C23H25NO3. The van der Waals surface area contributed by atoms with Crippen LogP contribution in [0.2, 0.25) is 0 Å². The van der Waals surface area contributed by atoms with Crippen molar-refractivity contribution in [3.8, 4) is 5.75 Å². The zero-order valence-electron chi connectivity index (χ0n) is 15.4. The highest BCUT2D eigenvalue weighted by molar-refractivity contribution is 5.81. The van der Waals surface area contributed by atoms with Gasteiger partial charge < -0.3 is 9.94 Å². The molecule has 2 bridgehead atoms. The first-order valence-electron chi connectivity index (χ1n) is 9.94. The molecule has 27 heavy (non-hydrogen) atoms. The molecule has 3 aliphatic rings. The van der Waals surface area contributed by atoms with Crippen molar-refractivity contribution in [3.63, 3.8) is 0 Å². The number of nitrogens with zero attached hydrogens (tertiary/aromatic N) is 1. The number of hydroxylamine groups is 2. The Morgan fingerprint density at radius 2 is 2.00 bits per heavy atom. The van der Waals surface area contributed by atoms with Crippen LogP contribution in [-0.4, -0.2) is 28.6 Å². The molecule has 0 aromatic heterocycles. The number of hydrogen-bond donors (Lipinski definition) is 1. The fourth-order valence-electron chi connectivity index (χ4n) is 5.69. The van der Waals surface area contributed by atoms with Gasteiger partial charge in [-0.2, -0.15) is 5.06 Å². The normalized spacial score (nSPS) is 29.7. The number of piperidine rings is 1. The van der Waals surface area contributed by atoms with Gasteiger partial charge in [0.25, 0.3) is 0 Å². The van der Waals surface area contributed by atoms with Crippen molar-refractivity contribution in [3.05, 3.63) is 65.2 Å². The maximum Gasteiger partial charge on any atom is 0.133 e. The maximum atomic E-state index is 12.4. The lowest BCUT2D eigenvalue weighted by Crippen LogP contribution is -2.61. The van der Waals surface area contributed by atoms with Gasteiger partial charge in [0.2, 0.25) is 0 Å². The number of ketones is 1. The van der Waals surface area contributed by atoms with E-state index in [1.54, 1.807) is 0 Å². The predicted molar refractivity (Wildman–Crippen MR) is 102 cm³/mol. The van der Waals surface area contributed by atoms with Crippen LogP contribution in [0, 0.1) is 5.92 Å². The van der Waals surface area contributed by atoms with E-state index >= 15 is 0 Å². The average Bonchev–Trinajstić information content (AvgIpc) is 2.70. The van der Waals surface area contributed by atoms with Gasteiger partial charge in [-0.25, -0.2) is 0 Å². The Kier molecular flexibility index (Phi) is 4.06. The summed E-state index contributed by atoms with van der Waals surface area (Å²) < 4.78 is 6.21. The molecule has 1 saturated heterocycles. The molecule has 1 N–H and O–H groups in total. The molecule has 2 aliphatic carbocycles. The summed E-state index contributed by atoms with van der Waals surface area (Å²) in [5.41, 5.74) is 3.48. The summed E-state index contributed by atoms with van der Waals surface area (Å²) in [5.74, 6) is 1.61. The first-order valence-corrected chi connectivity index (χ1v) is 9.94. The van der Waals surface area contributed by atoms with Gasteiger partial charge in [-0.3, -0.25) is 4.79 Å². The van der Waals surface area contributed by atoms with Crippen LogP contribution in [0.4, 0.5) is 0 Å². The Hall–Kier alpha value is -2.17. The molecule has 0 unspecified atom stereocenters. The third-order valence-corrected chi connectivity index (χ3v) is 6.91. The van der Waals surface area contributed by atoms with E-state index in [9.17, 15) is 10.0 Å². The minimum Gasteiger partial charge on any atom is -0.489 e. The Labute approximate surface area is 159 Å². The fourth-order valence-corrected chi connectivity index (χ4v) is 5.69. The summed E-state index contributed by atoms with van der Waals surface area (Å²) in [4.78, 5) is 12.4. The highest BCUT2D eigenvalue weighted by Gasteiger charge is 2.56. The smallest absolute Gasteiger partial charge is 0.133 e. The van der Waals surface area contributed by atoms with E-state index in [1.807, 2.05) is 24.3 Å². The molecule has 0 spiro atoms. The number of fused-ring (bicyclic) bond motifs is 1. The van der Waals surface area contributed by atoms with Gasteiger partial charge in [-0.1, -0.05) is 42.5 Å². The standard InChI is InChI=1S/C23H25NO3/c25-17-9-10-20-21-13-18-19(23(20,14-17)11-12-24(21)26)7-4-8-22(18)27-15-16-5-2-1-3-6-16/h1-8,20-21,26H,9-15H2/t20-,21+,23+/m0/s1. The van der Waals surface area contributed by atoms with E-state index < -0.39 is 0 Å². The van der Waals surface area contributed by atoms with Crippen molar-refractivity contribution in [2.24, 2.45) is 5.92 Å². The van der Waals surface area contributed by atoms with Gasteiger partial charge in [0.1, 0.15) is 18.1 Å². The number of carbonyl (C=O) groups is 1. The number of benzene rings is 2. The van der Waals surface area contributed by atoms with Crippen LogP contribution in [0.1, 0.15) is 42.4 Å². The van der Waals surface area contributed by atoms with Crippen LogP contribution in [0.5, 0.6) is 5.75 Å². The third-order valence-electron chi connectivity index (χ3n) is 6.91. The van der Waals surface area contributed by atoms with Crippen molar-refractivity contribution in [2.75, 3.05) is 6.54 Å². The van der Waals surface area contributed by atoms with Gasteiger partial charge in [0.15, 0.2) is 0 Å². The van der Waals surface area contributed by atoms with E-state index in [2.05, 4.69) is 24.3 Å². The zero-order chi connectivity index (χ0) is 18.4. The minimum atomic E-state index is -0.126. The lowest BCUT2D eigenvalue weighted by atomic mass is 9.52. The summed E-state index contributed by atoms with van der Waals surface area (Å²) in [7, 11) is 0. The van der Waals surface area contributed by atoms with Gasteiger partial charge in [-0.05, 0) is 47.9 Å². The Morgan fingerprint density at radius 1 is 1.15 bits per heavy atom. The van der Waals surface area contributed by atoms with Crippen LogP contribution in [0.3, 0.4) is 0 Å². The SMILES string of the molecule is O=C1CC[C@H]2[C@H]3Cc4c(OCc5ccccc5)cccc4[C@@]2(CCN3O)C1. The number of ether oxygens (including phenoxy) is 1. The molecule has 5 rings (SSSR count). The number of carbonyl (C=O) groups excluding carboxylic acids is 1. The molecule has 2 aromatic rings. The number of hydrogen-bond acceptors (Lipinski definition) is 4. The van der Waals surface area contributed by atoms with Gasteiger partial charge in [0, 0.05) is 30.8 Å². The Morgan fingerprint density at radius 3 is 2.85 bits per heavy atom. The van der Waals surface area contributed by atoms with E-state index in [0.29, 0.717) is 37.7 Å². The quantitative estimate of drug-likeness (QED) is 0.899. The maximum absolute atomic E-state index is 12.4. The molecule has 1 heterocycles. The summed E-state index contributed by atoms with van der Waals surface area (Å²) >= 11 is 0. The van der Waals surface area contributed by atoms with Crippen LogP contribution >= 0.6 is 0 Å². The molecular weight excluding hydrogens is 338 g/mol. The summed E-state index contributed by atoms with van der Waals surface area (Å²) in [6, 6.07) is 16.5. The van der Waals surface area contributed by atoms with Crippen LogP contribution < -0.4 is 4.74 Å². The molecule has 1 saturated carbocycles. The summed E-state index contributed by atoms with van der Waals surface area (Å²) in [6.45, 7) is 1.17. The molecule has 0 radical (unpaired) electrons. The highest BCUT2D eigenvalue weighted by atomic mass is 16.5. The van der Waals surface area contributed by atoms with Crippen molar-refractivity contribution < 1.29 is 14.7 Å². The van der Waals surface area contributed by atoms with Gasteiger partial charge in [-0.15, -0.1) is 0 Å².